The van der Waals surface area contributed by atoms with Crippen LogP contribution < -0.4 is 4.74 Å². The van der Waals surface area contributed by atoms with Crippen molar-refractivity contribution in [3.8, 4) is 17.0 Å². The number of ether oxygens (including phenoxy) is 2. The monoisotopic (exact) mass is 442 g/mol. The van der Waals surface area contributed by atoms with E-state index in [9.17, 15) is 9.59 Å². The van der Waals surface area contributed by atoms with Gasteiger partial charge in [-0.1, -0.05) is 0 Å². The van der Waals surface area contributed by atoms with Gasteiger partial charge in [0, 0.05) is 55.4 Å². The number of piperazine rings is 1. The van der Waals surface area contributed by atoms with Gasteiger partial charge in [0.25, 0.3) is 0 Å². The summed E-state index contributed by atoms with van der Waals surface area (Å²) in [7, 11) is 1.65. The summed E-state index contributed by atoms with van der Waals surface area (Å²) in [5, 5.41) is 2.06. The van der Waals surface area contributed by atoms with E-state index in [0.29, 0.717) is 45.6 Å². The maximum absolute atomic E-state index is 12.7. The fourth-order valence-electron chi connectivity index (χ4n) is 3.66. The smallest absolute Gasteiger partial charge is 0.409 e. The first-order chi connectivity index (χ1) is 15.1. The number of carbonyl (C=O) groups excluding carboxylic acids is 2. The van der Waals surface area contributed by atoms with E-state index in [1.54, 1.807) is 30.3 Å². The number of nitrogens with zero attached hydrogens (tertiary/aromatic N) is 4. The Morgan fingerprint density at radius 3 is 2.48 bits per heavy atom. The minimum atomic E-state index is -0.303. The molecule has 9 heteroatoms. The molecule has 0 unspecified atom stereocenters. The molecule has 0 radical (unpaired) electrons. The average Bonchev–Trinajstić information content (AvgIpc) is 3.39. The molecule has 164 valence electrons. The predicted octanol–water partition coefficient (Wildman–Crippen LogP) is 3.30. The summed E-state index contributed by atoms with van der Waals surface area (Å²) in [5.41, 5.74) is 3.00. The van der Waals surface area contributed by atoms with Crippen LogP contribution in [0.1, 0.15) is 19.0 Å². The van der Waals surface area contributed by atoms with Gasteiger partial charge in [-0.25, -0.2) is 9.78 Å². The summed E-state index contributed by atoms with van der Waals surface area (Å²) in [4.78, 5) is 33.6. The number of methoxy groups -OCH3 is 1. The molecule has 2 amide bonds. The fourth-order valence-corrected chi connectivity index (χ4v) is 4.56. The van der Waals surface area contributed by atoms with E-state index in [4.69, 9.17) is 14.5 Å². The molecule has 0 aliphatic carbocycles. The lowest BCUT2D eigenvalue weighted by Crippen LogP contribution is -2.50. The van der Waals surface area contributed by atoms with Gasteiger partial charge in [0.1, 0.15) is 5.75 Å². The molecule has 8 nitrogen and oxygen atoms in total. The SMILES string of the molecule is CCOC(=O)N1CCN(C(=O)CCc2csc3nc(-c4ccc(OC)cc4)cn23)CC1. The molecular formula is C22H26N4O4S. The van der Waals surface area contributed by atoms with Gasteiger partial charge in [0.05, 0.1) is 19.4 Å². The minimum absolute atomic E-state index is 0.110. The molecule has 0 bridgehead atoms. The summed E-state index contributed by atoms with van der Waals surface area (Å²) in [6, 6.07) is 7.82. The van der Waals surface area contributed by atoms with Crippen molar-refractivity contribution in [1.29, 1.82) is 0 Å². The number of hydrogen-bond acceptors (Lipinski definition) is 6. The highest BCUT2D eigenvalue weighted by Crippen LogP contribution is 2.26. The number of thiazole rings is 1. The van der Waals surface area contributed by atoms with E-state index in [0.717, 1.165) is 27.7 Å². The van der Waals surface area contributed by atoms with Gasteiger partial charge in [-0.15, -0.1) is 11.3 Å². The van der Waals surface area contributed by atoms with Gasteiger partial charge < -0.3 is 19.3 Å². The van der Waals surface area contributed by atoms with Gasteiger partial charge in [0.15, 0.2) is 4.96 Å². The zero-order chi connectivity index (χ0) is 21.8. The molecule has 0 spiro atoms. The van der Waals surface area contributed by atoms with Crippen molar-refractivity contribution >= 4 is 28.3 Å². The van der Waals surface area contributed by atoms with Gasteiger partial charge >= 0.3 is 6.09 Å². The predicted molar refractivity (Wildman–Crippen MR) is 119 cm³/mol. The van der Waals surface area contributed by atoms with Crippen LogP contribution in [0.4, 0.5) is 4.79 Å². The molecule has 1 saturated heterocycles. The Bertz CT molecular complexity index is 1050. The normalized spacial score (nSPS) is 14.1. The van der Waals surface area contributed by atoms with E-state index >= 15 is 0 Å². The number of hydrogen-bond donors (Lipinski definition) is 0. The lowest BCUT2D eigenvalue weighted by atomic mass is 10.1. The molecule has 3 heterocycles. The number of fused-ring (bicyclic) bond motifs is 1. The summed E-state index contributed by atoms with van der Waals surface area (Å²) in [6.07, 6.45) is 2.80. The second kappa shape index (κ2) is 9.38. The van der Waals surface area contributed by atoms with E-state index in [-0.39, 0.29) is 12.0 Å². The summed E-state index contributed by atoms with van der Waals surface area (Å²) in [5.74, 6) is 0.922. The molecule has 0 atom stereocenters. The van der Waals surface area contributed by atoms with Gasteiger partial charge in [-0.2, -0.15) is 0 Å². The maximum Gasteiger partial charge on any atom is 0.409 e. The molecular weight excluding hydrogens is 416 g/mol. The first-order valence-corrected chi connectivity index (χ1v) is 11.3. The summed E-state index contributed by atoms with van der Waals surface area (Å²) in [6.45, 7) is 4.27. The Morgan fingerprint density at radius 2 is 1.81 bits per heavy atom. The van der Waals surface area contributed by atoms with Crippen LogP contribution in [0.25, 0.3) is 16.2 Å². The molecule has 1 aliphatic rings. The van der Waals surface area contributed by atoms with Crippen LogP contribution >= 0.6 is 11.3 Å². The number of aromatic nitrogens is 2. The quantitative estimate of drug-likeness (QED) is 0.585. The first kappa shape index (κ1) is 21.2. The average molecular weight is 443 g/mol. The Kier molecular flexibility index (Phi) is 6.41. The molecule has 0 N–H and O–H groups in total. The molecule has 3 aromatic rings. The zero-order valence-electron chi connectivity index (χ0n) is 17.7. The maximum atomic E-state index is 12.7. The Labute approximate surface area is 185 Å². The Morgan fingerprint density at radius 1 is 1.10 bits per heavy atom. The van der Waals surface area contributed by atoms with Gasteiger partial charge in [-0.05, 0) is 37.6 Å². The second-order valence-electron chi connectivity index (χ2n) is 7.30. The number of imidazole rings is 1. The van der Waals surface area contributed by atoms with Crippen molar-refractivity contribution in [3.63, 3.8) is 0 Å². The van der Waals surface area contributed by atoms with Gasteiger partial charge in [0.2, 0.25) is 5.91 Å². The zero-order valence-corrected chi connectivity index (χ0v) is 18.6. The van der Waals surface area contributed by atoms with Crippen LogP contribution in [-0.2, 0) is 16.0 Å². The first-order valence-electron chi connectivity index (χ1n) is 10.4. The fraction of sp³-hybridized carbons (Fsp3) is 0.409. The molecule has 0 saturated carbocycles. The van der Waals surface area contributed by atoms with Crippen LogP contribution in [-0.4, -0.2) is 71.1 Å². The van der Waals surface area contributed by atoms with Crippen LogP contribution in [0, 0.1) is 0 Å². The summed E-state index contributed by atoms with van der Waals surface area (Å²) >= 11 is 1.58. The Hall–Kier alpha value is -3.07. The van der Waals surface area contributed by atoms with E-state index in [2.05, 4.69) is 9.78 Å². The molecule has 31 heavy (non-hydrogen) atoms. The molecule has 4 rings (SSSR count). The van der Waals surface area contributed by atoms with Gasteiger partial charge in [-0.3, -0.25) is 9.20 Å². The molecule has 1 aliphatic heterocycles. The largest absolute Gasteiger partial charge is 0.497 e. The van der Waals surface area contributed by atoms with Crippen molar-refractivity contribution < 1.29 is 19.1 Å². The highest BCUT2D eigenvalue weighted by atomic mass is 32.1. The lowest BCUT2D eigenvalue weighted by Gasteiger charge is -2.34. The number of carbonyl (C=O) groups is 2. The highest BCUT2D eigenvalue weighted by Gasteiger charge is 2.24. The molecule has 2 aromatic heterocycles. The van der Waals surface area contributed by atoms with E-state index < -0.39 is 0 Å². The standard InChI is InChI=1S/C22H26N4O4S/c1-3-30-22(28)25-12-10-24(11-13-25)20(27)9-6-17-15-31-21-23-19(14-26(17)21)16-4-7-18(29-2)8-5-16/h4-5,7-8,14-15H,3,6,9-13H2,1-2H3. The summed E-state index contributed by atoms with van der Waals surface area (Å²) < 4.78 is 12.3. The van der Waals surface area contributed by atoms with Crippen molar-refractivity contribution in [2.24, 2.45) is 0 Å². The number of benzene rings is 1. The topological polar surface area (TPSA) is 76.4 Å². The van der Waals surface area contributed by atoms with Crippen molar-refractivity contribution in [3.05, 3.63) is 41.5 Å². The lowest BCUT2D eigenvalue weighted by molar-refractivity contribution is -0.132. The number of aryl methyl sites for hydroxylation is 1. The molecule has 1 aromatic carbocycles. The third-order valence-corrected chi connectivity index (χ3v) is 6.31. The number of amides is 2. The van der Waals surface area contributed by atoms with E-state index in [1.807, 2.05) is 35.4 Å². The minimum Gasteiger partial charge on any atom is -0.497 e. The van der Waals surface area contributed by atoms with Crippen LogP contribution in [0.5, 0.6) is 5.75 Å². The Balaban J connectivity index is 1.35. The molecule has 1 fully saturated rings. The highest BCUT2D eigenvalue weighted by molar-refractivity contribution is 7.15. The van der Waals surface area contributed by atoms with E-state index in [1.165, 1.54) is 0 Å². The van der Waals surface area contributed by atoms with Crippen LogP contribution in [0.3, 0.4) is 0 Å². The number of rotatable bonds is 6. The van der Waals surface area contributed by atoms with Crippen LogP contribution in [0.2, 0.25) is 0 Å². The van der Waals surface area contributed by atoms with Crippen molar-refractivity contribution in [2.45, 2.75) is 19.8 Å². The second-order valence-corrected chi connectivity index (χ2v) is 8.14. The third-order valence-electron chi connectivity index (χ3n) is 5.42. The third kappa shape index (κ3) is 4.66. The van der Waals surface area contributed by atoms with Crippen molar-refractivity contribution in [2.75, 3.05) is 39.9 Å². The van der Waals surface area contributed by atoms with Crippen LogP contribution in [0.15, 0.2) is 35.8 Å². The van der Waals surface area contributed by atoms with Crippen molar-refractivity contribution in [1.82, 2.24) is 19.2 Å².